The molecule has 4 atom stereocenters. The summed E-state index contributed by atoms with van der Waals surface area (Å²) in [6.45, 7) is 5.96. The van der Waals surface area contributed by atoms with Gasteiger partial charge in [-0.2, -0.15) is 0 Å². The van der Waals surface area contributed by atoms with Crippen molar-refractivity contribution in [3.8, 4) is 23.2 Å². The Balaban J connectivity index is 1.18. The van der Waals surface area contributed by atoms with Gasteiger partial charge in [0.25, 0.3) is 0 Å². The lowest BCUT2D eigenvalue weighted by atomic mass is 10.1. The van der Waals surface area contributed by atoms with Gasteiger partial charge in [0.2, 0.25) is 5.91 Å². The normalized spacial score (nSPS) is 21.9. The molecular formula is C26H28N4O3. The summed E-state index contributed by atoms with van der Waals surface area (Å²) in [5.74, 6) is 9.82. The van der Waals surface area contributed by atoms with Crippen molar-refractivity contribution in [1.29, 1.82) is 0 Å². The summed E-state index contributed by atoms with van der Waals surface area (Å²) in [7, 11) is 0. The van der Waals surface area contributed by atoms with Crippen molar-refractivity contribution in [1.82, 2.24) is 19.6 Å². The summed E-state index contributed by atoms with van der Waals surface area (Å²) < 4.78 is 7.39. The van der Waals surface area contributed by atoms with Crippen LogP contribution in [0.25, 0.3) is 11.3 Å². The third kappa shape index (κ3) is 4.44. The highest BCUT2D eigenvalue weighted by atomic mass is 16.5. The Morgan fingerprint density at radius 1 is 1.27 bits per heavy atom. The molecule has 0 bridgehead atoms. The molecule has 2 fully saturated rings. The zero-order valence-electron chi connectivity index (χ0n) is 18.9. The highest BCUT2D eigenvalue weighted by Gasteiger charge is 2.55. The Morgan fingerprint density at radius 2 is 2.03 bits per heavy atom. The van der Waals surface area contributed by atoms with Gasteiger partial charge in [-0.25, -0.2) is 4.98 Å². The van der Waals surface area contributed by atoms with Crippen molar-refractivity contribution < 1.29 is 14.4 Å². The molecule has 1 aliphatic carbocycles. The monoisotopic (exact) mass is 444 g/mol. The van der Waals surface area contributed by atoms with Crippen LogP contribution >= 0.6 is 0 Å². The Bertz CT molecular complexity index is 1190. The summed E-state index contributed by atoms with van der Waals surface area (Å²) in [6, 6.07) is 9.89. The highest BCUT2D eigenvalue weighted by molar-refractivity contribution is 5.76. The summed E-state index contributed by atoms with van der Waals surface area (Å²) in [6.07, 6.45) is 4.41. The van der Waals surface area contributed by atoms with Crippen LogP contribution in [0, 0.1) is 29.6 Å². The lowest BCUT2D eigenvalue weighted by Gasteiger charge is -2.18. The van der Waals surface area contributed by atoms with Crippen LogP contribution in [0.4, 0.5) is 0 Å². The van der Waals surface area contributed by atoms with Crippen LogP contribution in [0.15, 0.2) is 47.2 Å². The van der Waals surface area contributed by atoms with E-state index in [0.29, 0.717) is 42.3 Å². The van der Waals surface area contributed by atoms with Crippen LogP contribution in [0.3, 0.4) is 0 Å². The molecule has 2 aromatic heterocycles. The van der Waals surface area contributed by atoms with Gasteiger partial charge in [-0.05, 0) is 49.4 Å². The molecule has 1 saturated heterocycles. The second-order valence-corrected chi connectivity index (χ2v) is 9.02. The molecular weight excluding hydrogens is 416 g/mol. The minimum absolute atomic E-state index is 0.288. The number of carbonyl (C=O) groups is 1. The fourth-order valence-corrected chi connectivity index (χ4v) is 4.72. The standard InChI is InChI=1S/C26H28N4O3/c1-3-4-25(32)30-15-22-21(23(22)16-30)10-7-18-5-8-19(9-6-18)24-13-20(28-33-24)14-29-12-11-27-26(29)17(2)31/h5-6,8-9,11-13,17,21-23,31H,3-4,14-16H2,1-2H3/t17-,21?,22-,23+/m0/s1. The smallest absolute Gasteiger partial charge is 0.222 e. The number of hydrogen-bond donors (Lipinski definition) is 1. The Hall–Kier alpha value is -3.37. The molecule has 1 N–H and O–H groups in total. The molecule has 170 valence electrons. The number of nitrogens with zero attached hydrogens (tertiary/aromatic N) is 4. The molecule has 0 radical (unpaired) electrons. The zero-order valence-corrected chi connectivity index (χ0v) is 18.9. The van der Waals surface area contributed by atoms with Crippen LogP contribution in [0.5, 0.6) is 0 Å². The fourth-order valence-electron chi connectivity index (χ4n) is 4.72. The molecule has 0 spiro atoms. The number of imidazole rings is 1. The lowest BCUT2D eigenvalue weighted by Crippen LogP contribution is -2.31. The van der Waals surface area contributed by atoms with E-state index in [4.69, 9.17) is 4.52 Å². The molecule has 5 rings (SSSR count). The van der Waals surface area contributed by atoms with Gasteiger partial charge in [-0.15, -0.1) is 0 Å². The number of amides is 1. The maximum atomic E-state index is 12.0. The zero-order chi connectivity index (χ0) is 22.9. The molecule has 1 saturated carbocycles. The second-order valence-electron chi connectivity index (χ2n) is 9.02. The van der Waals surface area contributed by atoms with E-state index in [1.54, 1.807) is 13.1 Å². The van der Waals surface area contributed by atoms with Gasteiger partial charge in [-0.3, -0.25) is 4.79 Å². The largest absolute Gasteiger partial charge is 0.385 e. The SMILES string of the molecule is CCCC(=O)N1C[C@@H]2C(C#Cc3ccc(-c4cc(Cn5ccnc5[C@H](C)O)no4)cc3)[C@@H]2C1. The number of hydrogen-bond acceptors (Lipinski definition) is 5. The van der Waals surface area contributed by atoms with Gasteiger partial charge < -0.3 is 19.1 Å². The van der Waals surface area contributed by atoms with E-state index < -0.39 is 6.10 Å². The van der Waals surface area contributed by atoms with E-state index in [1.165, 1.54) is 0 Å². The molecule has 1 aliphatic heterocycles. The molecule has 7 heteroatoms. The van der Waals surface area contributed by atoms with E-state index in [2.05, 4.69) is 22.0 Å². The van der Waals surface area contributed by atoms with Crippen LogP contribution in [0.1, 0.15) is 49.9 Å². The molecule has 7 nitrogen and oxygen atoms in total. The van der Waals surface area contributed by atoms with Crippen molar-refractivity contribution >= 4 is 5.91 Å². The van der Waals surface area contributed by atoms with Crippen molar-refractivity contribution in [3.63, 3.8) is 0 Å². The number of fused-ring (bicyclic) bond motifs is 1. The first kappa shape index (κ1) is 21.5. The van der Waals surface area contributed by atoms with Crippen LogP contribution in [-0.2, 0) is 11.3 Å². The first-order chi connectivity index (χ1) is 16.0. The van der Waals surface area contributed by atoms with E-state index >= 15 is 0 Å². The predicted octanol–water partition coefficient (Wildman–Crippen LogP) is 3.50. The lowest BCUT2D eigenvalue weighted by molar-refractivity contribution is -0.130. The van der Waals surface area contributed by atoms with Crippen molar-refractivity contribution in [2.75, 3.05) is 13.1 Å². The maximum absolute atomic E-state index is 12.0. The van der Waals surface area contributed by atoms with E-state index in [1.807, 2.05) is 52.9 Å². The van der Waals surface area contributed by atoms with Crippen molar-refractivity contribution in [2.45, 2.75) is 39.3 Å². The Labute approximate surface area is 193 Å². The molecule has 1 amide bonds. The number of carbonyl (C=O) groups excluding carboxylic acids is 1. The van der Waals surface area contributed by atoms with Crippen LogP contribution in [0.2, 0.25) is 0 Å². The molecule has 33 heavy (non-hydrogen) atoms. The summed E-state index contributed by atoms with van der Waals surface area (Å²) in [4.78, 5) is 18.2. The molecule has 3 heterocycles. The number of likely N-dealkylation sites (tertiary alicyclic amines) is 1. The first-order valence-electron chi connectivity index (χ1n) is 11.6. The summed E-state index contributed by atoms with van der Waals surface area (Å²) >= 11 is 0. The molecule has 2 aliphatic rings. The summed E-state index contributed by atoms with van der Waals surface area (Å²) in [5, 5.41) is 14.0. The third-order valence-electron chi connectivity index (χ3n) is 6.58. The maximum Gasteiger partial charge on any atom is 0.222 e. The Morgan fingerprint density at radius 3 is 2.73 bits per heavy atom. The average molecular weight is 445 g/mol. The minimum atomic E-state index is -0.641. The number of aliphatic hydroxyl groups excluding tert-OH is 1. The highest BCUT2D eigenvalue weighted by Crippen LogP contribution is 2.51. The van der Waals surface area contributed by atoms with E-state index in [9.17, 15) is 9.90 Å². The topological polar surface area (TPSA) is 84.4 Å². The van der Waals surface area contributed by atoms with Gasteiger partial charge in [0.05, 0.1) is 6.54 Å². The van der Waals surface area contributed by atoms with Gasteiger partial charge in [0, 0.05) is 55.0 Å². The van der Waals surface area contributed by atoms with Gasteiger partial charge in [-0.1, -0.05) is 23.9 Å². The van der Waals surface area contributed by atoms with E-state index in [-0.39, 0.29) is 5.91 Å². The van der Waals surface area contributed by atoms with Gasteiger partial charge >= 0.3 is 0 Å². The number of benzene rings is 1. The van der Waals surface area contributed by atoms with Crippen molar-refractivity contribution in [3.05, 3.63) is 59.8 Å². The number of piperidine rings is 1. The second kappa shape index (κ2) is 8.87. The number of rotatable bonds is 6. The predicted molar refractivity (Wildman–Crippen MR) is 123 cm³/mol. The Kier molecular flexibility index (Phi) is 5.77. The first-order valence-corrected chi connectivity index (χ1v) is 11.6. The van der Waals surface area contributed by atoms with Crippen molar-refractivity contribution in [2.24, 2.45) is 17.8 Å². The molecule has 1 aromatic carbocycles. The summed E-state index contributed by atoms with van der Waals surface area (Å²) in [5.41, 5.74) is 2.68. The van der Waals surface area contributed by atoms with Crippen LogP contribution in [-0.4, -0.2) is 43.7 Å². The molecule has 3 aromatic rings. The van der Waals surface area contributed by atoms with E-state index in [0.717, 1.165) is 36.3 Å². The van der Waals surface area contributed by atoms with Crippen LogP contribution < -0.4 is 0 Å². The fraction of sp³-hybridized carbons (Fsp3) is 0.423. The van der Waals surface area contributed by atoms with Gasteiger partial charge in [0.15, 0.2) is 5.76 Å². The average Bonchev–Trinajstić information content (AvgIpc) is 3.30. The minimum Gasteiger partial charge on any atom is -0.385 e. The number of aromatic nitrogens is 3. The van der Waals surface area contributed by atoms with Gasteiger partial charge in [0.1, 0.15) is 17.6 Å². The third-order valence-corrected chi connectivity index (χ3v) is 6.58. The molecule has 1 unspecified atom stereocenters. The number of aliphatic hydroxyl groups is 1. The quantitative estimate of drug-likeness (QED) is 0.589.